The number of aromatic nitrogens is 2. The smallest absolute Gasteiger partial charge is 0.207 e. The van der Waals surface area contributed by atoms with E-state index in [1.165, 1.54) is 12.4 Å². The van der Waals surface area contributed by atoms with Crippen LogP contribution in [0.5, 0.6) is 0 Å². The molecule has 0 spiro atoms. The first kappa shape index (κ1) is 8.55. The molecule has 1 heterocycles. The van der Waals surface area contributed by atoms with E-state index in [0.717, 1.165) is 0 Å². The zero-order valence-electron chi connectivity index (χ0n) is 6.15. The van der Waals surface area contributed by atoms with Crippen LogP contribution >= 0.6 is 10.7 Å². The van der Waals surface area contributed by atoms with Gasteiger partial charge >= 0.3 is 0 Å². The van der Waals surface area contributed by atoms with Crippen molar-refractivity contribution in [2.24, 2.45) is 14.1 Å². The van der Waals surface area contributed by atoms with E-state index in [9.17, 15) is 8.42 Å². The molecule has 0 aliphatic rings. The van der Waals surface area contributed by atoms with E-state index >= 15 is 0 Å². The zero-order chi connectivity index (χ0) is 8.65. The number of rotatable bonds is 1. The van der Waals surface area contributed by atoms with Crippen LogP contribution in [-0.4, -0.2) is 13.1 Å². The molecule has 1 aromatic rings. The molecule has 0 aliphatic carbocycles. The van der Waals surface area contributed by atoms with Gasteiger partial charge in [-0.1, -0.05) is 0 Å². The monoisotopic (exact) mass is 195 g/mol. The first-order valence-electron chi connectivity index (χ1n) is 2.88. The van der Waals surface area contributed by atoms with Gasteiger partial charge < -0.3 is 0 Å². The van der Waals surface area contributed by atoms with Crippen LogP contribution < -0.4 is 4.68 Å². The van der Waals surface area contributed by atoms with Crippen molar-refractivity contribution in [2.45, 2.75) is 4.90 Å². The molecule has 4 nitrogen and oxygen atoms in total. The van der Waals surface area contributed by atoms with E-state index in [2.05, 4.69) is 0 Å². The largest absolute Gasteiger partial charge is 0.269 e. The third-order valence-corrected chi connectivity index (χ3v) is 2.72. The Morgan fingerprint density at radius 2 is 2.18 bits per heavy atom. The van der Waals surface area contributed by atoms with Gasteiger partial charge in [0.15, 0.2) is 11.9 Å². The molecule has 11 heavy (non-hydrogen) atoms. The van der Waals surface area contributed by atoms with Crippen LogP contribution in [0.1, 0.15) is 0 Å². The Morgan fingerprint density at radius 3 is 2.36 bits per heavy atom. The van der Waals surface area contributed by atoms with Crippen molar-refractivity contribution in [3.8, 4) is 0 Å². The second-order valence-corrected chi connectivity index (χ2v) is 4.81. The number of nitrogens with zero attached hydrogens (tertiary/aromatic N) is 2. The SMILES string of the molecule is Cn1cc(S(=O)(=O)Cl)c[n+]1C. The van der Waals surface area contributed by atoms with Crippen molar-refractivity contribution in [3.63, 3.8) is 0 Å². The van der Waals surface area contributed by atoms with Gasteiger partial charge in [-0.3, -0.25) is 0 Å². The van der Waals surface area contributed by atoms with Gasteiger partial charge in [-0.05, 0) is 0 Å². The molecule has 0 saturated carbocycles. The summed E-state index contributed by atoms with van der Waals surface area (Å²) in [5.41, 5.74) is 0. The van der Waals surface area contributed by atoms with Gasteiger partial charge in [0, 0.05) is 10.7 Å². The average Bonchev–Trinajstić information content (AvgIpc) is 2.11. The number of hydrogen-bond donors (Lipinski definition) is 0. The number of hydrogen-bond acceptors (Lipinski definition) is 2. The molecular weight excluding hydrogens is 188 g/mol. The Bertz CT molecular complexity index is 348. The second-order valence-electron chi connectivity index (χ2n) is 2.25. The summed E-state index contributed by atoms with van der Waals surface area (Å²) in [6, 6.07) is 0. The Balaban J connectivity index is 3.29. The van der Waals surface area contributed by atoms with E-state index in [1.54, 1.807) is 23.5 Å². The molecule has 0 bridgehead atoms. The van der Waals surface area contributed by atoms with Crippen molar-refractivity contribution < 1.29 is 13.1 Å². The Kier molecular flexibility index (Phi) is 1.94. The summed E-state index contributed by atoms with van der Waals surface area (Å²) in [6.45, 7) is 0. The maximum absolute atomic E-state index is 10.7. The predicted molar refractivity (Wildman–Crippen MR) is 39.6 cm³/mol. The van der Waals surface area contributed by atoms with Gasteiger partial charge in [-0.15, -0.1) is 4.68 Å². The molecule has 0 saturated heterocycles. The van der Waals surface area contributed by atoms with Crippen LogP contribution in [0.25, 0.3) is 0 Å². The number of aryl methyl sites for hydroxylation is 2. The summed E-state index contributed by atoms with van der Waals surface area (Å²) in [5.74, 6) is 0. The highest BCUT2D eigenvalue weighted by Gasteiger charge is 2.17. The molecule has 0 atom stereocenters. The highest BCUT2D eigenvalue weighted by Crippen LogP contribution is 2.10. The lowest BCUT2D eigenvalue weighted by Crippen LogP contribution is -2.35. The molecular formula is C5H8ClN2O2S+. The fraction of sp³-hybridized carbons (Fsp3) is 0.400. The van der Waals surface area contributed by atoms with Gasteiger partial charge in [0.2, 0.25) is 6.20 Å². The van der Waals surface area contributed by atoms with Gasteiger partial charge in [0.05, 0.1) is 13.2 Å². The molecule has 62 valence electrons. The Labute approximate surface area is 69.4 Å². The molecule has 0 fully saturated rings. The minimum absolute atomic E-state index is 0.115. The molecule has 0 unspecified atom stereocenters. The fourth-order valence-electron chi connectivity index (χ4n) is 0.710. The molecule has 1 rings (SSSR count). The van der Waals surface area contributed by atoms with Crippen molar-refractivity contribution in [1.29, 1.82) is 0 Å². The summed E-state index contributed by atoms with van der Waals surface area (Å²) in [4.78, 5) is 0.115. The van der Waals surface area contributed by atoms with Gasteiger partial charge in [0.1, 0.15) is 0 Å². The average molecular weight is 196 g/mol. The van der Waals surface area contributed by atoms with Crippen LogP contribution in [0.15, 0.2) is 17.3 Å². The highest BCUT2D eigenvalue weighted by molar-refractivity contribution is 8.13. The van der Waals surface area contributed by atoms with E-state index in [4.69, 9.17) is 10.7 Å². The minimum Gasteiger partial charge on any atom is -0.207 e. The lowest BCUT2D eigenvalue weighted by atomic mass is 10.7. The normalized spacial score (nSPS) is 11.9. The molecule has 0 aliphatic heterocycles. The molecule has 0 N–H and O–H groups in total. The second kappa shape index (κ2) is 2.49. The Morgan fingerprint density at radius 1 is 1.64 bits per heavy atom. The maximum Gasteiger partial charge on any atom is 0.269 e. The van der Waals surface area contributed by atoms with Crippen LogP contribution in [0.2, 0.25) is 0 Å². The van der Waals surface area contributed by atoms with Crippen LogP contribution in [0, 0.1) is 0 Å². The van der Waals surface area contributed by atoms with Gasteiger partial charge in [0.25, 0.3) is 9.05 Å². The summed E-state index contributed by atoms with van der Waals surface area (Å²) in [6.07, 6.45) is 2.89. The molecule has 0 radical (unpaired) electrons. The predicted octanol–water partition coefficient (Wildman–Crippen LogP) is -0.223. The van der Waals surface area contributed by atoms with Gasteiger partial charge in [-0.2, -0.15) is 4.68 Å². The lowest BCUT2D eigenvalue weighted by Gasteiger charge is -1.82. The third-order valence-electron chi connectivity index (χ3n) is 1.41. The van der Waals surface area contributed by atoms with E-state index in [0.29, 0.717) is 0 Å². The van der Waals surface area contributed by atoms with E-state index < -0.39 is 9.05 Å². The van der Waals surface area contributed by atoms with Crippen molar-refractivity contribution in [3.05, 3.63) is 12.4 Å². The van der Waals surface area contributed by atoms with Crippen molar-refractivity contribution in [2.75, 3.05) is 0 Å². The summed E-state index contributed by atoms with van der Waals surface area (Å²) in [5, 5.41) is 0. The first-order valence-corrected chi connectivity index (χ1v) is 5.19. The molecule has 1 aromatic heterocycles. The third kappa shape index (κ3) is 1.72. The Hall–Kier alpha value is -0.550. The summed E-state index contributed by atoms with van der Waals surface area (Å²) in [7, 11) is 4.97. The number of halogens is 1. The van der Waals surface area contributed by atoms with Crippen LogP contribution in [0.3, 0.4) is 0 Å². The minimum atomic E-state index is -3.57. The van der Waals surface area contributed by atoms with Crippen molar-refractivity contribution >= 4 is 19.7 Å². The van der Waals surface area contributed by atoms with Crippen LogP contribution in [0.4, 0.5) is 0 Å². The molecule has 0 amide bonds. The highest BCUT2D eigenvalue weighted by atomic mass is 35.7. The van der Waals surface area contributed by atoms with Crippen molar-refractivity contribution in [1.82, 2.24) is 4.68 Å². The topological polar surface area (TPSA) is 43.0 Å². The fourth-order valence-corrected chi connectivity index (χ4v) is 1.51. The van der Waals surface area contributed by atoms with E-state index in [1.807, 2.05) is 0 Å². The quantitative estimate of drug-likeness (QED) is 0.459. The summed E-state index contributed by atoms with van der Waals surface area (Å²) >= 11 is 0. The zero-order valence-corrected chi connectivity index (χ0v) is 7.72. The maximum atomic E-state index is 10.7. The van der Waals surface area contributed by atoms with Gasteiger partial charge in [-0.25, -0.2) is 8.42 Å². The summed E-state index contributed by atoms with van der Waals surface area (Å²) < 4.78 is 24.7. The standard InChI is InChI=1S/C5H8ClN2O2S/c1-7-3-5(4-8(7)2)11(6,9)10/h3-4H,1-2H3/q+1. The molecule has 0 aromatic carbocycles. The molecule has 6 heteroatoms. The van der Waals surface area contributed by atoms with E-state index in [-0.39, 0.29) is 4.90 Å². The van der Waals surface area contributed by atoms with Crippen LogP contribution in [-0.2, 0) is 23.1 Å². The lowest BCUT2D eigenvalue weighted by molar-refractivity contribution is -0.751. The first-order chi connectivity index (χ1) is 4.91.